The molecule has 0 bridgehead atoms. The summed E-state index contributed by atoms with van der Waals surface area (Å²) < 4.78 is 1.92. The van der Waals surface area contributed by atoms with Gasteiger partial charge in [0.2, 0.25) is 5.16 Å². The van der Waals surface area contributed by atoms with Crippen molar-refractivity contribution in [1.29, 1.82) is 0 Å². The Balaban J connectivity index is 1.70. The molecule has 0 amide bonds. The molecule has 3 rings (SSSR count). The van der Waals surface area contributed by atoms with Gasteiger partial charge in [-0.05, 0) is 60.6 Å². The Kier molecular flexibility index (Phi) is 3.98. The first-order chi connectivity index (χ1) is 9.78. The molecule has 1 N–H and O–H groups in total. The number of rotatable bonds is 6. The Morgan fingerprint density at radius 3 is 2.95 bits per heavy atom. The molecule has 0 aliphatic heterocycles. The molecule has 1 aliphatic carbocycles. The van der Waals surface area contributed by atoms with Crippen molar-refractivity contribution in [3.05, 3.63) is 24.0 Å². The maximum Gasteiger partial charge on any atom is 0.214 e. The predicted octanol–water partition coefficient (Wildman–Crippen LogP) is 2.22. The molecule has 1 aliphatic rings. The third-order valence-corrected chi connectivity index (χ3v) is 4.21. The molecule has 0 aromatic carbocycles. The van der Waals surface area contributed by atoms with Crippen molar-refractivity contribution in [3.63, 3.8) is 0 Å². The van der Waals surface area contributed by atoms with Gasteiger partial charge in [-0.3, -0.25) is 4.98 Å². The van der Waals surface area contributed by atoms with Gasteiger partial charge in [0.15, 0.2) is 0 Å². The molecule has 2 aromatic heterocycles. The molecule has 1 saturated carbocycles. The minimum absolute atomic E-state index is 0.274. The fraction of sp³-hybridized carbons (Fsp3) is 0.538. The Labute approximate surface area is 122 Å². The molecular weight excluding hydrogens is 272 g/mol. The molecule has 1 atom stereocenters. The number of pyridine rings is 1. The fourth-order valence-electron chi connectivity index (χ4n) is 2.03. The molecule has 1 unspecified atom stereocenters. The monoisotopic (exact) mass is 290 g/mol. The Hall–Kier alpha value is -1.47. The van der Waals surface area contributed by atoms with Crippen molar-refractivity contribution < 1.29 is 0 Å². The summed E-state index contributed by atoms with van der Waals surface area (Å²) in [5.74, 6) is 0. The molecule has 0 spiro atoms. The van der Waals surface area contributed by atoms with Crippen molar-refractivity contribution in [2.45, 2.75) is 48.8 Å². The van der Waals surface area contributed by atoms with Gasteiger partial charge in [0.05, 0.1) is 11.7 Å². The van der Waals surface area contributed by atoms with E-state index in [2.05, 4.69) is 51.8 Å². The second-order valence-corrected chi connectivity index (χ2v) is 5.98. The number of hydrogen-bond acceptors (Lipinski definition) is 6. The lowest BCUT2D eigenvalue weighted by atomic mass is 10.2. The normalized spacial score (nSPS) is 16.3. The van der Waals surface area contributed by atoms with E-state index >= 15 is 0 Å². The SMILES string of the molecule is CCNC(C)c1ccc(Sc2nnnn2C2CC2)cn1. The van der Waals surface area contributed by atoms with E-state index in [-0.39, 0.29) is 6.04 Å². The minimum Gasteiger partial charge on any atom is -0.309 e. The van der Waals surface area contributed by atoms with Crippen LogP contribution in [0, 0.1) is 0 Å². The van der Waals surface area contributed by atoms with Crippen LogP contribution in [0.4, 0.5) is 0 Å². The highest BCUT2D eigenvalue weighted by molar-refractivity contribution is 7.99. The molecule has 20 heavy (non-hydrogen) atoms. The first-order valence-electron chi connectivity index (χ1n) is 6.93. The highest BCUT2D eigenvalue weighted by Crippen LogP contribution is 2.37. The first-order valence-corrected chi connectivity index (χ1v) is 7.74. The molecule has 2 aromatic rings. The van der Waals surface area contributed by atoms with E-state index in [9.17, 15) is 0 Å². The molecule has 2 heterocycles. The average molecular weight is 290 g/mol. The largest absolute Gasteiger partial charge is 0.309 e. The van der Waals surface area contributed by atoms with Crippen LogP contribution in [0.3, 0.4) is 0 Å². The van der Waals surface area contributed by atoms with Gasteiger partial charge in [0.25, 0.3) is 0 Å². The van der Waals surface area contributed by atoms with Crippen LogP contribution in [0.5, 0.6) is 0 Å². The van der Waals surface area contributed by atoms with Crippen LogP contribution < -0.4 is 5.32 Å². The Morgan fingerprint density at radius 2 is 2.30 bits per heavy atom. The van der Waals surface area contributed by atoms with Gasteiger partial charge in [0.1, 0.15) is 0 Å². The van der Waals surface area contributed by atoms with Gasteiger partial charge in [0, 0.05) is 17.1 Å². The van der Waals surface area contributed by atoms with Gasteiger partial charge in [-0.25, -0.2) is 4.68 Å². The summed E-state index contributed by atoms with van der Waals surface area (Å²) in [6.45, 7) is 5.15. The van der Waals surface area contributed by atoms with Crippen LogP contribution >= 0.6 is 11.8 Å². The summed E-state index contributed by atoms with van der Waals surface area (Å²) in [7, 11) is 0. The zero-order valence-electron chi connectivity index (χ0n) is 11.7. The lowest BCUT2D eigenvalue weighted by Gasteiger charge is -2.11. The quantitative estimate of drug-likeness (QED) is 0.880. The summed E-state index contributed by atoms with van der Waals surface area (Å²) in [5.41, 5.74) is 1.05. The summed E-state index contributed by atoms with van der Waals surface area (Å²) in [6.07, 6.45) is 4.24. The zero-order chi connectivity index (χ0) is 13.9. The van der Waals surface area contributed by atoms with E-state index in [4.69, 9.17) is 0 Å². The highest BCUT2D eigenvalue weighted by Gasteiger charge is 2.28. The fourth-order valence-corrected chi connectivity index (χ4v) is 2.83. The number of nitrogens with zero attached hydrogens (tertiary/aromatic N) is 5. The molecule has 0 radical (unpaired) electrons. The average Bonchev–Trinajstić information content (AvgIpc) is 3.20. The van der Waals surface area contributed by atoms with Crippen molar-refractivity contribution in [2.75, 3.05) is 6.54 Å². The minimum atomic E-state index is 0.274. The first kappa shape index (κ1) is 13.5. The van der Waals surface area contributed by atoms with Crippen molar-refractivity contribution in [3.8, 4) is 0 Å². The van der Waals surface area contributed by atoms with Crippen LogP contribution in [-0.4, -0.2) is 31.7 Å². The number of hydrogen-bond donors (Lipinski definition) is 1. The Bertz CT molecular complexity index is 562. The molecule has 6 nitrogen and oxygen atoms in total. The highest BCUT2D eigenvalue weighted by atomic mass is 32.2. The number of aromatic nitrogens is 5. The van der Waals surface area contributed by atoms with Crippen LogP contribution in [0.2, 0.25) is 0 Å². The summed E-state index contributed by atoms with van der Waals surface area (Å²) in [4.78, 5) is 5.57. The van der Waals surface area contributed by atoms with E-state index in [0.29, 0.717) is 6.04 Å². The van der Waals surface area contributed by atoms with E-state index < -0.39 is 0 Å². The van der Waals surface area contributed by atoms with E-state index in [1.807, 2.05) is 10.9 Å². The second kappa shape index (κ2) is 5.88. The van der Waals surface area contributed by atoms with Gasteiger partial charge in [-0.15, -0.1) is 5.10 Å². The van der Waals surface area contributed by atoms with Gasteiger partial charge in [-0.1, -0.05) is 6.92 Å². The third-order valence-electron chi connectivity index (χ3n) is 3.28. The third kappa shape index (κ3) is 2.99. The smallest absolute Gasteiger partial charge is 0.214 e. The van der Waals surface area contributed by atoms with Gasteiger partial charge in [-0.2, -0.15) is 0 Å². The lowest BCUT2D eigenvalue weighted by molar-refractivity contribution is 0.565. The van der Waals surface area contributed by atoms with Crippen molar-refractivity contribution in [1.82, 2.24) is 30.5 Å². The standard InChI is InChI=1S/C13H18N6S/c1-3-14-9(2)12-7-6-11(8-15-12)20-13-16-17-18-19(13)10-4-5-10/h6-10,14H,3-5H2,1-2H3. The van der Waals surface area contributed by atoms with Crippen LogP contribution in [0.15, 0.2) is 28.4 Å². The molecule has 106 valence electrons. The molecule has 1 fully saturated rings. The van der Waals surface area contributed by atoms with E-state index in [1.54, 1.807) is 11.8 Å². The van der Waals surface area contributed by atoms with Gasteiger partial charge < -0.3 is 5.32 Å². The predicted molar refractivity (Wildman–Crippen MR) is 76.5 cm³/mol. The molecular formula is C13H18N6S. The topological polar surface area (TPSA) is 68.5 Å². The van der Waals surface area contributed by atoms with Crippen LogP contribution in [0.25, 0.3) is 0 Å². The lowest BCUT2D eigenvalue weighted by Crippen LogP contribution is -2.18. The summed E-state index contributed by atoms with van der Waals surface area (Å²) in [5, 5.41) is 16.1. The zero-order valence-corrected chi connectivity index (χ0v) is 12.5. The number of tetrazole rings is 1. The molecule has 7 heteroatoms. The van der Waals surface area contributed by atoms with Crippen LogP contribution in [0.1, 0.15) is 44.5 Å². The molecule has 0 saturated heterocycles. The van der Waals surface area contributed by atoms with Crippen molar-refractivity contribution >= 4 is 11.8 Å². The van der Waals surface area contributed by atoms with E-state index in [0.717, 1.165) is 22.3 Å². The summed E-state index contributed by atoms with van der Waals surface area (Å²) in [6, 6.07) is 4.90. The summed E-state index contributed by atoms with van der Waals surface area (Å²) >= 11 is 1.57. The maximum atomic E-state index is 4.51. The van der Waals surface area contributed by atoms with Crippen molar-refractivity contribution in [2.24, 2.45) is 0 Å². The number of nitrogens with one attached hydrogen (secondary N) is 1. The maximum absolute atomic E-state index is 4.51. The Morgan fingerprint density at radius 1 is 1.45 bits per heavy atom. The van der Waals surface area contributed by atoms with Gasteiger partial charge >= 0.3 is 0 Å². The second-order valence-electron chi connectivity index (χ2n) is 4.94. The van der Waals surface area contributed by atoms with Crippen LogP contribution in [-0.2, 0) is 0 Å². The van der Waals surface area contributed by atoms with E-state index in [1.165, 1.54) is 12.8 Å².